The lowest BCUT2D eigenvalue weighted by Gasteiger charge is -2.03. The van der Waals surface area contributed by atoms with Crippen molar-refractivity contribution in [1.82, 2.24) is 5.16 Å². The highest BCUT2D eigenvalue weighted by Gasteiger charge is 2.26. The SMILES string of the molecule is CC(C)Cc1onc(-c2ccc(C3CC3)cc2)c1C(=O)O. The molecule has 110 valence electrons. The molecule has 0 amide bonds. The van der Waals surface area contributed by atoms with Crippen LogP contribution in [0, 0.1) is 5.92 Å². The molecule has 0 spiro atoms. The van der Waals surface area contributed by atoms with E-state index in [9.17, 15) is 9.90 Å². The van der Waals surface area contributed by atoms with Crippen molar-refractivity contribution in [3.63, 3.8) is 0 Å². The van der Waals surface area contributed by atoms with E-state index in [1.165, 1.54) is 18.4 Å². The van der Waals surface area contributed by atoms with Crippen molar-refractivity contribution in [2.45, 2.75) is 39.0 Å². The van der Waals surface area contributed by atoms with E-state index in [-0.39, 0.29) is 5.56 Å². The topological polar surface area (TPSA) is 63.3 Å². The summed E-state index contributed by atoms with van der Waals surface area (Å²) in [6.45, 7) is 4.05. The lowest BCUT2D eigenvalue weighted by atomic mass is 10.00. The number of hydrogen-bond donors (Lipinski definition) is 1. The molecule has 0 atom stereocenters. The zero-order chi connectivity index (χ0) is 15.0. The van der Waals surface area contributed by atoms with Gasteiger partial charge in [0.2, 0.25) is 0 Å². The van der Waals surface area contributed by atoms with Crippen LogP contribution in [0.1, 0.15) is 54.3 Å². The van der Waals surface area contributed by atoms with Crippen molar-refractivity contribution < 1.29 is 14.4 Å². The first-order chi connectivity index (χ1) is 10.1. The molecule has 1 N–H and O–H groups in total. The van der Waals surface area contributed by atoms with Gasteiger partial charge >= 0.3 is 5.97 Å². The highest BCUT2D eigenvalue weighted by atomic mass is 16.5. The molecule has 4 heteroatoms. The molecule has 0 aliphatic heterocycles. The molecule has 21 heavy (non-hydrogen) atoms. The second-order valence-electron chi connectivity index (χ2n) is 6.13. The van der Waals surface area contributed by atoms with Crippen molar-refractivity contribution in [2.24, 2.45) is 5.92 Å². The number of rotatable bonds is 5. The lowest BCUT2D eigenvalue weighted by molar-refractivity contribution is 0.0695. The third-order valence-corrected chi connectivity index (χ3v) is 3.80. The van der Waals surface area contributed by atoms with Gasteiger partial charge in [0, 0.05) is 12.0 Å². The first-order valence-corrected chi connectivity index (χ1v) is 7.38. The molecular weight excluding hydrogens is 266 g/mol. The number of aromatic nitrogens is 1. The Bertz CT molecular complexity index is 651. The third kappa shape index (κ3) is 2.84. The zero-order valence-electron chi connectivity index (χ0n) is 12.3. The number of benzene rings is 1. The van der Waals surface area contributed by atoms with E-state index in [0.29, 0.717) is 29.7 Å². The molecule has 4 nitrogen and oxygen atoms in total. The summed E-state index contributed by atoms with van der Waals surface area (Å²) in [6, 6.07) is 8.01. The van der Waals surface area contributed by atoms with Crippen molar-refractivity contribution in [3.05, 3.63) is 41.2 Å². The first-order valence-electron chi connectivity index (χ1n) is 7.38. The summed E-state index contributed by atoms with van der Waals surface area (Å²) >= 11 is 0. The average molecular weight is 285 g/mol. The van der Waals surface area contributed by atoms with E-state index in [0.717, 1.165) is 5.56 Å². The third-order valence-electron chi connectivity index (χ3n) is 3.80. The van der Waals surface area contributed by atoms with Crippen LogP contribution in [-0.2, 0) is 6.42 Å². The molecule has 0 bridgehead atoms. The van der Waals surface area contributed by atoms with Gasteiger partial charge in [0.05, 0.1) is 0 Å². The van der Waals surface area contributed by atoms with Crippen molar-refractivity contribution in [1.29, 1.82) is 0 Å². The maximum atomic E-state index is 11.5. The molecule has 1 fully saturated rings. The Morgan fingerprint density at radius 3 is 2.52 bits per heavy atom. The van der Waals surface area contributed by atoms with Crippen LogP contribution in [0.15, 0.2) is 28.8 Å². The van der Waals surface area contributed by atoms with Crippen LogP contribution in [0.4, 0.5) is 0 Å². The van der Waals surface area contributed by atoms with Gasteiger partial charge in [-0.15, -0.1) is 0 Å². The summed E-state index contributed by atoms with van der Waals surface area (Å²) in [7, 11) is 0. The van der Waals surface area contributed by atoms with Gasteiger partial charge in [0.25, 0.3) is 0 Å². The Hall–Kier alpha value is -2.10. The summed E-state index contributed by atoms with van der Waals surface area (Å²) < 4.78 is 5.28. The van der Waals surface area contributed by atoms with E-state index < -0.39 is 5.97 Å². The van der Waals surface area contributed by atoms with Crippen molar-refractivity contribution in [3.8, 4) is 11.3 Å². The van der Waals surface area contributed by atoms with Crippen LogP contribution < -0.4 is 0 Å². The lowest BCUT2D eigenvalue weighted by Crippen LogP contribution is -2.04. The fourth-order valence-electron chi connectivity index (χ4n) is 2.58. The van der Waals surface area contributed by atoms with Crippen LogP contribution >= 0.6 is 0 Å². The molecule has 1 aliphatic carbocycles. The second kappa shape index (κ2) is 5.35. The van der Waals surface area contributed by atoms with Gasteiger partial charge in [-0.25, -0.2) is 4.79 Å². The Kier molecular flexibility index (Phi) is 3.53. The molecule has 1 aromatic carbocycles. The number of nitrogens with zero attached hydrogens (tertiary/aromatic N) is 1. The Morgan fingerprint density at radius 1 is 1.33 bits per heavy atom. The average Bonchev–Trinajstić information content (AvgIpc) is 3.20. The van der Waals surface area contributed by atoms with Crippen molar-refractivity contribution in [2.75, 3.05) is 0 Å². The minimum absolute atomic E-state index is 0.197. The van der Waals surface area contributed by atoms with E-state index in [1.807, 2.05) is 26.0 Å². The van der Waals surface area contributed by atoms with Gasteiger partial charge in [-0.2, -0.15) is 0 Å². The first kappa shape index (κ1) is 13.9. The summed E-state index contributed by atoms with van der Waals surface area (Å²) in [5.41, 5.74) is 2.75. The summed E-state index contributed by atoms with van der Waals surface area (Å²) in [4.78, 5) is 11.5. The number of hydrogen-bond acceptors (Lipinski definition) is 3. The molecule has 1 heterocycles. The fraction of sp³-hybridized carbons (Fsp3) is 0.412. The molecule has 0 saturated heterocycles. The van der Waals surface area contributed by atoms with Gasteiger partial charge in [0.15, 0.2) is 5.76 Å². The molecular formula is C17H19NO3. The van der Waals surface area contributed by atoms with Crippen LogP contribution in [0.3, 0.4) is 0 Å². The van der Waals surface area contributed by atoms with Crippen molar-refractivity contribution >= 4 is 5.97 Å². The van der Waals surface area contributed by atoms with E-state index in [4.69, 9.17) is 4.52 Å². The highest BCUT2D eigenvalue weighted by Crippen LogP contribution is 2.40. The predicted molar refractivity (Wildman–Crippen MR) is 79.4 cm³/mol. The predicted octanol–water partition coefficient (Wildman–Crippen LogP) is 4.12. The maximum absolute atomic E-state index is 11.5. The van der Waals surface area contributed by atoms with E-state index in [1.54, 1.807) is 0 Å². The standard InChI is InChI=1S/C17H19NO3/c1-10(2)9-14-15(17(19)20)16(18-21-14)13-7-5-12(6-8-13)11-3-4-11/h5-8,10-11H,3-4,9H2,1-2H3,(H,19,20). The largest absolute Gasteiger partial charge is 0.477 e. The minimum atomic E-state index is -0.979. The van der Waals surface area contributed by atoms with Crippen LogP contribution in [0.5, 0.6) is 0 Å². The smallest absolute Gasteiger partial charge is 0.341 e. The van der Waals surface area contributed by atoms with E-state index in [2.05, 4.69) is 17.3 Å². The van der Waals surface area contributed by atoms with Gasteiger partial charge in [-0.3, -0.25) is 0 Å². The van der Waals surface area contributed by atoms with Crippen LogP contribution in [0.2, 0.25) is 0 Å². The van der Waals surface area contributed by atoms with Gasteiger partial charge < -0.3 is 9.63 Å². The minimum Gasteiger partial charge on any atom is -0.477 e. The molecule has 1 aromatic heterocycles. The van der Waals surface area contributed by atoms with Gasteiger partial charge in [-0.05, 0) is 30.2 Å². The summed E-state index contributed by atoms with van der Waals surface area (Å²) in [6.07, 6.45) is 3.08. The molecule has 0 unspecified atom stereocenters. The Morgan fingerprint density at radius 2 is 2.00 bits per heavy atom. The molecule has 3 rings (SSSR count). The normalized spacial score (nSPS) is 14.6. The Balaban J connectivity index is 1.96. The number of carboxylic acids is 1. The monoisotopic (exact) mass is 285 g/mol. The highest BCUT2D eigenvalue weighted by molar-refractivity contribution is 5.95. The van der Waals surface area contributed by atoms with Gasteiger partial charge in [0.1, 0.15) is 11.3 Å². The number of carboxylic acid groups (broad SMARTS) is 1. The van der Waals surface area contributed by atoms with Gasteiger partial charge in [-0.1, -0.05) is 43.3 Å². The molecule has 0 radical (unpaired) electrons. The maximum Gasteiger partial charge on any atom is 0.341 e. The second-order valence-corrected chi connectivity index (χ2v) is 6.13. The van der Waals surface area contributed by atoms with Crippen LogP contribution in [-0.4, -0.2) is 16.2 Å². The summed E-state index contributed by atoms with van der Waals surface area (Å²) in [5, 5.41) is 13.5. The van der Waals surface area contributed by atoms with E-state index >= 15 is 0 Å². The molecule has 2 aromatic rings. The number of aromatic carboxylic acids is 1. The Labute approximate surface area is 123 Å². The van der Waals surface area contributed by atoms with Crippen LogP contribution in [0.25, 0.3) is 11.3 Å². The molecule has 1 aliphatic rings. The quantitative estimate of drug-likeness (QED) is 0.897. The molecule has 1 saturated carbocycles. The number of carbonyl (C=O) groups is 1. The fourth-order valence-corrected chi connectivity index (χ4v) is 2.58. The summed E-state index contributed by atoms with van der Waals surface area (Å²) in [5.74, 6) is 0.486. The zero-order valence-corrected chi connectivity index (χ0v) is 12.3.